The van der Waals surface area contributed by atoms with Crippen LogP contribution in [-0.4, -0.2) is 44.5 Å². The number of rotatable bonds is 7. The summed E-state index contributed by atoms with van der Waals surface area (Å²) in [5.74, 6) is -0.225. The van der Waals surface area contributed by atoms with Gasteiger partial charge in [0.15, 0.2) is 0 Å². The molecule has 0 aliphatic heterocycles. The van der Waals surface area contributed by atoms with Crippen molar-refractivity contribution in [2.45, 2.75) is 6.92 Å². The number of benzene rings is 6. The second-order valence-corrected chi connectivity index (χ2v) is 27.6. The summed E-state index contributed by atoms with van der Waals surface area (Å²) in [5.41, 5.74) is 0. The van der Waals surface area contributed by atoms with E-state index in [1.165, 1.54) is 6.92 Å². The van der Waals surface area contributed by atoms with Gasteiger partial charge in [0.1, 0.15) is 0 Å². The molecule has 0 aliphatic carbocycles. The summed E-state index contributed by atoms with van der Waals surface area (Å²) in [6.45, 7) is 1.50. The van der Waals surface area contributed by atoms with Gasteiger partial charge in [0.05, 0.1) is 0 Å². The number of carbonyl (C=O) groups excluding carboxylic acids is 1. The molecule has 0 atom stereocenters. The molecule has 0 fully saturated rings. The molecule has 0 heterocycles. The molecule has 0 saturated heterocycles. The zero-order chi connectivity index (χ0) is 29.0. The fourth-order valence-corrected chi connectivity index (χ4v) is 24.7. The van der Waals surface area contributed by atoms with Crippen molar-refractivity contribution >= 4 is 66.0 Å². The number of hydrogen-bond acceptors (Lipinski definition) is 2. The topological polar surface area (TPSA) is 26.3 Å². The van der Waals surface area contributed by atoms with Gasteiger partial charge in [0, 0.05) is 0 Å². The van der Waals surface area contributed by atoms with Crippen LogP contribution in [-0.2, 0) is 7.87 Å². The van der Waals surface area contributed by atoms with E-state index in [4.69, 9.17) is 3.07 Å². The SMILES string of the molecule is CC(=O)[O][Sn]([c]1ccccc1)([c]1ccccc1)[c]1ccccc1.c1cc[c]([SnH]([c]2ccccc2)[c]2ccccc2)cc1. The van der Waals surface area contributed by atoms with Crippen molar-refractivity contribution < 1.29 is 7.87 Å². The number of carbonyl (C=O) groups is 1. The average molecular weight is 760 g/mol. The first-order chi connectivity index (χ1) is 20.7. The second kappa shape index (κ2) is 15.0. The van der Waals surface area contributed by atoms with Crippen LogP contribution in [0.25, 0.3) is 0 Å². The van der Waals surface area contributed by atoms with E-state index in [0.717, 1.165) is 10.7 Å². The molecular formula is C38H34O2Sn2. The summed E-state index contributed by atoms with van der Waals surface area (Å²) in [6, 6.07) is 63.5. The molecule has 4 heteroatoms. The Hall–Kier alpha value is -3.61. The molecule has 0 amide bonds. The van der Waals surface area contributed by atoms with Gasteiger partial charge in [0.2, 0.25) is 0 Å². The summed E-state index contributed by atoms with van der Waals surface area (Å²) < 4.78 is 14.2. The van der Waals surface area contributed by atoms with E-state index >= 15 is 0 Å². The van der Waals surface area contributed by atoms with Gasteiger partial charge in [-0.25, -0.2) is 0 Å². The van der Waals surface area contributed by atoms with E-state index in [1.807, 2.05) is 54.6 Å². The number of hydrogen-bond donors (Lipinski definition) is 0. The fourth-order valence-electron chi connectivity index (χ4n) is 5.42. The van der Waals surface area contributed by atoms with Gasteiger partial charge < -0.3 is 0 Å². The van der Waals surface area contributed by atoms with Crippen LogP contribution >= 0.6 is 0 Å². The van der Waals surface area contributed by atoms with Crippen LogP contribution in [0, 0.1) is 0 Å². The van der Waals surface area contributed by atoms with Gasteiger partial charge in [-0.15, -0.1) is 0 Å². The van der Waals surface area contributed by atoms with Gasteiger partial charge in [0.25, 0.3) is 0 Å². The molecule has 0 aliphatic rings. The summed E-state index contributed by atoms with van der Waals surface area (Å²) in [6.07, 6.45) is 0. The van der Waals surface area contributed by atoms with Crippen molar-refractivity contribution in [3.05, 3.63) is 182 Å². The Labute approximate surface area is 260 Å². The Bertz CT molecular complexity index is 1460. The van der Waals surface area contributed by atoms with Crippen molar-refractivity contribution in [2.24, 2.45) is 0 Å². The van der Waals surface area contributed by atoms with Gasteiger partial charge in [-0.1, -0.05) is 0 Å². The zero-order valence-corrected chi connectivity index (χ0v) is 29.9. The van der Waals surface area contributed by atoms with E-state index < -0.39 is 38.6 Å². The van der Waals surface area contributed by atoms with Crippen molar-refractivity contribution in [1.29, 1.82) is 0 Å². The Balaban J connectivity index is 0.000000171. The molecule has 0 spiro atoms. The summed E-state index contributed by atoms with van der Waals surface area (Å²) >= 11 is -5.94. The van der Waals surface area contributed by atoms with Crippen molar-refractivity contribution in [2.75, 3.05) is 0 Å². The Morgan fingerprint density at radius 1 is 0.429 bits per heavy atom. The van der Waals surface area contributed by atoms with Gasteiger partial charge in [-0.05, 0) is 0 Å². The van der Waals surface area contributed by atoms with Crippen LogP contribution in [0.3, 0.4) is 0 Å². The van der Waals surface area contributed by atoms with E-state index in [0.29, 0.717) is 0 Å². The van der Waals surface area contributed by atoms with Crippen LogP contribution in [0.1, 0.15) is 6.92 Å². The summed E-state index contributed by atoms with van der Waals surface area (Å²) in [5, 5.41) is 0. The zero-order valence-electron chi connectivity index (χ0n) is 23.7. The van der Waals surface area contributed by atoms with E-state index in [-0.39, 0.29) is 5.97 Å². The van der Waals surface area contributed by atoms with E-state index in [1.54, 1.807) is 10.7 Å². The molecule has 0 radical (unpaired) electrons. The third-order valence-corrected chi connectivity index (χ3v) is 27.8. The molecule has 206 valence electrons. The molecule has 6 rings (SSSR count). The summed E-state index contributed by atoms with van der Waals surface area (Å²) in [4.78, 5) is 12.0. The van der Waals surface area contributed by atoms with Gasteiger partial charge in [-0.2, -0.15) is 0 Å². The Morgan fingerprint density at radius 2 is 0.667 bits per heavy atom. The summed E-state index contributed by atoms with van der Waals surface area (Å²) in [7, 11) is 0. The molecular weight excluding hydrogens is 726 g/mol. The molecule has 6 aromatic rings. The molecule has 0 bridgehead atoms. The third-order valence-electron chi connectivity index (χ3n) is 7.24. The third kappa shape index (κ3) is 7.23. The molecule has 6 aromatic carbocycles. The second-order valence-electron chi connectivity index (χ2n) is 10.0. The van der Waals surface area contributed by atoms with Crippen molar-refractivity contribution in [3.8, 4) is 0 Å². The fraction of sp³-hybridized carbons (Fsp3) is 0.0263. The first-order valence-electron chi connectivity index (χ1n) is 14.2. The van der Waals surface area contributed by atoms with Crippen LogP contribution < -0.4 is 21.5 Å². The molecule has 42 heavy (non-hydrogen) atoms. The molecule has 2 nitrogen and oxygen atoms in total. The Kier molecular flexibility index (Phi) is 10.7. The van der Waals surface area contributed by atoms with Crippen LogP contribution in [0.5, 0.6) is 0 Å². The van der Waals surface area contributed by atoms with Crippen molar-refractivity contribution in [1.82, 2.24) is 0 Å². The minimum absolute atomic E-state index is 0.225. The quantitative estimate of drug-likeness (QED) is 0.229. The Morgan fingerprint density at radius 3 is 0.905 bits per heavy atom. The molecule has 0 N–H and O–H groups in total. The van der Waals surface area contributed by atoms with E-state index in [9.17, 15) is 4.79 Å². The molecule has 0 saturated carbocycles. The monoisotopic (exact) mass is 762 g/mol. The van der Waals surface area contributed by atoms with Crippen LogP contribution in [0.4, 0.5) is 0 Å². The van der Waals surface area contributed by atoms with Crippen molar-refractivity contribution in [3.63, 3.8) is 0 Å². The van der Waals surface area contributed by atoms with E-state index in [2.05, 4.69) is 127 Å². The first-order valence-corrected chi connectivity index (χ1v) is 24.6. The minimum atomic E-state index is -3.80. The normalized spacial score (nSPS) is 10.8. The van der Waals surface area contributed by atoms with Crippen LogP contribution in [0.15, 0.2) is 182 Å². The standard InChI is InChI=1S/6C6H5.C2H4O2.2Sn.H/c6*1-2-4-6-5-3-1;1-2(3)4;;;/h6*1-5H;1H3,(H,3,4);;;/q;;;;;;;;+1;/p-1. The first kappa shape index (κ1) is 29.9. The van der Waals surface area contributed by atoms with Gasteiger partial charge >= 0.3 is 263 Å². The molecule has 0 unspecified atom stereocenters. The average Bonchev–Trinajstić information content (AvgIpc) is 3.07. The maximum atomic E-state index is 12.0. The molecule has 0 aromatic heterocycles. The van der Waals surface area contributed by atoms with Crippen LogP contribution in [0.2, 0.25) is 0 Å². The predicted molar refractivity (Wildman–Crippen MR) is 181 cm³/mol. The van der Waals surface area contributed by atoms with Gasteiger partial charge in [-0.3, -0.25) is 0 Å². The maximum absolute atomic E-state index is 12.0. The predicted octanol–water partition coefficient (Wildman–Crippen LogP) is 4.15.